The summed E-state index contributed by atoms with van der Waals surface area (Å²) in [5.41, 5.74) is 4.29. The second kappa shape index (κ2) is 6.62. The standard InChI is InChI=1S/C17H21ClN4O/c1-11(8-14-9-12(2)20-21-14)19-17(23)22-7-6-15-13(10-22)4-3-5-16(15)18/h3-5,9,11H,6-8,10H2,1-2H3,(H,19,23)(H,20,21). The number of carbonyl (C=O) groups excluding carboxylic acids is 1. The number of hydrogen-bond donors (Lipinski definition) is 2. The lowest BCUT2D eigenvalue weighted by atomic mass is 10.00. The number of halogens is 1. The van der Waals surface area contributed by atoms with E-state index >= 15 is 0 Å². The van der Waals surface area contributed by atoms with Crippen molar-refractivity contribution in [1.29, 1.82) is 0 Å². The number of nitrogens with zero attached hydrogens (tertiary/aromatic N) is 2. The molecule has 0 saturated carbocycles. The summed E-state index contributed by atoms with van der Waals surface area (Å²) in [5, 5.41) is 11.0. The lowest BCUT2D eigenvalue weighted by molar-refractivity contribution is 0.189. The predicted molar refractivity (Wildman–Crippen MR) is 90.6 cm³/mol. The van der Waals surface area contributed by atoms with Gasteiger partial charge in [0.05, 0.1) is 5.69 Å². The molecule has 0 radical (unpaired) electrons. The highest BCUT2D eigenvalue weighted by atomic mass is 35.5. The van der Waals surface area contributed by atoms with Crippen molar-refractivity contribution in [3.05, 3.63) is 51.8 Å². The molecule has 1 unspecified atom stereocenters. The molecular weight excluding hydrogens is 312 g/mol. The molecule has 2 amide bonds. The van der Waals surface area contributed by atoms with E-state index in [1.165, 1.54) is 5.56 Å². The van der Waals surface area contributed by atoms with Crippen molar-refractivity contribution in [3.63, 3.8) is 0 Å². The number of hydrogen-bond acceptors (Lipinski definition) is 2. The number of aromatic amines is 1. The predicted octanol–water partition coefficient (Wildman–Crippen LogP) is 3.07. The van der Waals surface area contributed by atoms with Crippen molar-refractivity contribution in [3.8, 4) is 0 Å². The molecule has 1 aliphatic rings. The number of nitrogens with one attached hydrogen (secondary N) is 2. The highest BCUT2D eigenvalue weighted by molar-refractivity contribution is 6.31. The first-order valence-corrected chi connectivity index (χ1v) is 8.23. The maximum atomic E-state index is 12.5. The Labute approximate surface area is 141 Å². The van der Waals surface area contributed by atoms with E-state index in [2.05, 4.69) is 15.5 Å². The van der Waals surface area contributed by atoms with Crippen molar-refractivity contribution >= 4 is 17.6 Å². The van der Waals surface area contributed by atoms with Crippen LogP contribution in [0, 0.1) is 6.92 Å². The van der Waals surface area contributed by atoms with Gasteiger partial charge in [-0.2, -0.15) is 5.10 Å². The zero-order valence-corrected chi connectivity index (χ0v) is 14.2. The summed E-state index contributed by atoms with van der Waals surface area (Å²) in [6, 6.07) is 7.88. The lowest BCUT2D eigenvalue weighted by Crippen LogP contribution is -2.46. The van der Waals surface area contributed by atoms with Crippen LogP contribution in [0.5, 0.6) is 0 Å². The van der Waals surface area contributed by atoms with E-state index in [9.17, 15) is 4.79 Å². The van der Waals surface area contributed by atoms with Gasteiger partial charge in [0, 0.05) is 36.3 Å². The number of H-pyrrole nitrogens is 1. The smallest absolute Gasteiger partial charge is 0.317 e. The Morgan fingerprint density at radius 3 is 3.09 bits per heavy atom. The van der Waals surface area contributed by atoms with Gasteiger partial charge in [-0.15, -0.1) is 0 Å². The number of aryl methyl sites for hydroxylation is 1. The number of fused-ring (bicyclic) bond motifs is 1. The van der Waals surface area contributed by atoms with E-state index in [1.807, 2.05) is 43.0 Å². The number of benzene rings is 1. The van der Waals surface area contributed by atoms with Crippen LogP contribution in [0.3, 0.4) is 0 Å². The maximum Gasteiger partial charge on any atom is 0.317 e. The average Bonchev–Trinajstić information content (AvgIpc) is 2.92. The lowest BCUT2D eigenvalue weighted by Gasteiger charge is -2.30. The minimum atomic E-state index is -0.0321. The fraction of sp³-hybridized carbons (Fsp3) is 0.412. The normalized spacial score (nSPS) is 15.2. The van der Waals surface area contributed by atoms with Gasteiger partial charge in [0.15, 0.2) is 0 Å². The summed E-state index contributed by atoms with van der Waals surface area (Å²) in [4.78, 5) is 14.3. The van der Waals surface area contributed by atoms with Crippen LogP contribution in [0.4, 0.5) is 4.79 Å². The summed E-state index contributed by atoms with van der Waals surface area (Å²) in [6.07, 6.45) is 1.52. The van der Waals surface area contributed by atoms with Gasteiger partial charge in [-0.3, -0.25) is 5.10 Å². The first kappa shape index (κ1) is 15.9. The van der Waals surface area contributed by atoms with Crippen molar-refractivity contribution in [2.75, 3.05) is 6.54 Å². The molecule has 1 atom stereocenters. The third kappa shape index (κ3) is 3.67. The van der Waals surface area contributed by atoms with Gasteiger partial charge < -0.3 is 10.2 Å². The van der Waals surface area contributed by atoms with Crippen molar-refractivity contribution in [2.45, 2.75) is 39.3 Å². The second-order valence-corrected chi connectivity index (χ2v) is 6.55. The zero-order chi connectivity index (χ0) is 16.4. The molecule has 2 N–H and O–H groups in total. The van der Waals surface area contributed by atoms with E-state index in [-0.39, 0.29) is 12.1 Å². The molecule has 0 aliphatic carbocycles. The van der Waals surface area contributed by atoms with Crippen molar-refractivity contribution in [1.82, 2.24) is 20.4 Å². The molecule has 1 aromatic carbocycles. The molecule has 0 spiro atoms. The molecule has 23 heavy (non-hydrogen) atoms. The molecule has 5 nitrogen and oxygen atoms in total. The topological polar surface area (TPSA) is 61.0 Å². The van der Waals surface area contributed by atoms with Gasteiger partial charge in [0.2, 0.25) is 0 Å². The summed E-state index contributed by atoms with van der Waals surface area (Å²) in [5.74, 6) is 0. The molecule has 0 fully saturated rings. The van der Waals surface area contributed by atoms with Crippen LogP contribution in [0.2, 0.25) is 5.02 Å². The monoisotopic (exact) mass is 332 g/mol. The van der Waals surface area contributed by atoms with Crippen LogP contribution in [0.1, 0.15) is 29.4 Å². The quantitative estimate of drug-likeness (QED) is 0.907. The van der Waals surface area contributed by atoms with Gasteiger partial charge in [0.25, 0.3) is 0 Å². The Bertz CT molecular complexity index is 712. The van der Waals surface area contributed by atoms with Gasteiger partial charge in [0.1, 0.15) is 0 Å². The van der Waals surface area contributed by atoms with Crippen LogP contribution in [-0.4, -0.2) is 33.7 Å². The van der Waals surface area contributed by atoms with Gasteiger partial charge in [-0.25, -0.2) is 4.79 Å². The van der Waals surface area contributed by atoms with Crippen LogP contribution >= 0.6 is 11.6 Å². The fourth-order valence-electron chi connectivity index (χ4n) is 2.98. The van der Waals surface area contributed by atoms with E-state index in [0.717, 1.165) is 28.4 Å². The van der Waals surface area contributed by atoms with E-state index < -0.39 is 0 Å². The minimum Gasteiger partial charge on any atom is -0.335 e. The number of urea groups is 1. The van der Waals surface area contributed by atoms with Crippen molar-refractivity contribution < 1.29 is 4.79 Å². The first-order valence-electron chi connectivity index (χ1n) is 7.85. The van der Waals surface area contributed by atoms with Crippen LogP contribution in [-0.2, 0) is 19.4 Å². The fourth-order valence-corrected chi connectivity index (χ4v) is 3.27. The molecule has 122 valence electrons. The Morgan fingerprint density at radius 1 is 1.52 bits per heavy atom. The van der Waals surface area contributed by atoms with Crippen LogP contribution in [0.25, 0.3) is 0 Å². The van der Waals surface area contributed by atoms with E-state index in [4.69, 9.17) is 11.6 Å². The third-order valence-corrected chi connectivity index (χ3v) is 4.49. The SMILES string of the molecule is Cc1cc(CC(C)NC(=O)N2CCc3c(Cl)cccc3C2)n[nH]1. The Kier molecular flexibility index (Phi) is 4.57. The summed E-state index contributed by atoms with van der Waals surface area (Å²) < 4.78 is 0. The Hall–Kier alpha value is -2.01. The second-order valence-electron chi connectivity index (χ2n) is 6.15. The van der Waals surface area contributed by atoms with Gasteiger partial charge in [-0.05, 0) is 43.5 Å². The maximum absolute atomic E-state index is 12.5. The Balaban J connectivity index is 1.58. The summed E-state index contributed by atoms with van der Waals surface area (Å²) in [6.45, 7) is 5.26. The number of rotatable bonds is 3. The Morgan fingerprint density at radius 2 is 2.35 bits per heavy atom. The molecule has 3 rings (SSSR count). The third-order valence-electron chi connectivity index (χ3n) is 4.14. The molecule has 1 aromatic heterocycles. The van der Waals surface area contributed by atoms with Crippen LogP contribution < -0.4 is 5.32 Å². The number of amides is 2. The highest BCUT2D eigenvalue weighted by Gasteiger charge is 2.23. The van der Waals surface area contributed by atoms with Crippen LogP contribution in [0.15, 0.2) is 24.3 Å². The number of carbonyl (C=O) groups is 1. The molecule has 1 aliphatic heterocycles. The van der Waals surface area contributed by atoms with E-state index in [1.54, 1.807) is 0 Å². The van der Waals surface area contributed by atoms with Gasteiger partial charge in [-0.1, -0.05) is 23.7 Å². The number of aromatic nitrogens is 2. The largest absolute Gasteiger partial charge is 0.335 e. The average molecular weight is 333 g/mol. The van der Waals surface area contributed by atoms with E-state index in [0.29, 0.717) is 19.5 Å². The summed E-state index contributed by atoms with van der Waals surface area (Å²) in [7, 11) is 0. The first-order chi connectivity index (χ1) is 11.0. The molecule has 2 aromatic rings. The minimum absolute atomic E-state index is 0.0321. The molecule has 0 bridgehead atoms. The highest BCUT2D eigenvalue weighted by Crippen LogP contribution is 2.25. The zero-order valence-electron chi connectivity index (χ0n) is 13.4. The molecule has 6 heteroatoms. The molecule has 2 heterocycles. The molecule has 0 saturated heterocycles. The van der Waals surface area contributed by atoms with Crippen molar-refractivity contribution in [2.24, 2.45) is 0 Å². The summed E-state index contributed by atoms with van der Waals surface area (Å²) >= 11 is 6.22. The molecular formula is C17H21ClN4O. The van der Waals surface area contributed by atoms with Gasteiger partial charge >= 0.3 is 6.03 Å².